The normalized spacial score (nSPS) is 19.9. The number of alkyl halides is 1. The Morgan fingerprint density at radius 1 is 1.14 bits per heavy atom. The van der Waals surface area contributed by atoms with Gasteiger partial charge in [-0.15, -0.1) is 0 Å². The van der Waals surface area contributed by atoms with E-state index >= 15 is 0 Å². The minimum atomic E-state index is 0.586. The van der Waals surface area contributed by atoms with Crippen LogP contribution in [-0.4, -0.2) is 0 Å². The van der Waals surface area contributed by atoms with Crippen LogP contribution < -0.4 is 0 Å². The van der Waals surface area contributed by atoms with Crippen molar-refractivity contribution in [2.75, 3.05) is 0 Å². The van der Waals surface area contributed by atoms with Gasteiger partial charge in [0.15, 0.2) is 0 Å². The first-order valence-corrected chi connectivity index (χ1v) is 6.41. The van der Waals surface area contributed by atoms with Gasteiger partial charge in [0.25, 0.3) is 0 Å². The molecule has 0 aromatic heterocycles. The minimum Gasteiger partial charge on any atom is -0.0836 e. The van der Waals surface area contributed by atoms with Crippen LogP contribution in [0.1, 0.15) is 23.5 Å². The summed E-state index contributed by atoms with van der Waals surface area (Å²) in [4.78, 5) is 0. The van der Waals surface area contributed by atoms with E-state index in [1.807, 2.05) is 0 Å². The number of hydrogen-bond acceptors (Lipinski definition) is 0. The van der Waals surface area contributed by atoms with Gasteiger partial charge in [-0.05, 0) is 17.5 Å². The summed E-state index contributed by atoms with van der Waals surface area (Å²) in [6.45, 7) is 0. The summed E-state index contributed by atoms with van der Waals surface area (Å²) < 4.78 is 1.10. The summed E-state index contributed by atoms with van der Waals surface area (Å²) >= 11 is 2.39. The van der Waals surface area contributed by atoms with Crippen molar-refractivity contribution in [3.05, 3.63) is 59.7 Å². The molecule has 0 nitrogen and oxygen atoms in total. The summed E-state index contributed by atoms with van der Waals surface area (Å²) in [5.74, 6) is 0.586. The molecule has 1 aliphatic carbocycles. The Bertz CT molecular complexity index is 346. The Balaban J connectivity index is 2.16. The van der Waals surface area contributed by atoms with Gasteiger partial charge < -0.3 is 0 Å². The topological polar surface area (TPSA) is 0 Å². The molecule has 1 aromatic carbocycles. The Labute approximate surface area is 98.9 Å². The van der Waals surface area contributed by atoms with Gasteiger partial charge in [-0.1, -0.05) is 71.2 Å². The number of hydrogen-bond donors (Lipinski definition) is 0. The van der Waals surface area contributed by atoms with E-state index in [2.05, 4.69) is 71.2 Å². The summed E-state index contributed by atoms with van der Waals surface area (Å²) in [5, 5.41) is 0. The zero-order valence-corrected chi connectivity index (χ0v) is 10.1. The van der Waals surface area contributed by atoms with E-state index in [1.54, 1.807) is 0 Å². The molecule has 0 saturated carbocycles. The Kier molecular flexibility index (Phi) is 3.40. The predicted molar refractivity (Wildman–Crippen MR) is 69.8 cm³/mol. The number of benzene rings is 1. The van der Waals surface area contributed by atoms with E-state index in [0.717, 1.165) is 10.8 Å². The Morgan fingerprint density at radius 3 is 2.50 bits per heavy atom. The average molecular weight is 296 g/mol. The monoisotopic (exact) mass is 296 g/mol. The van der Waals surface area contributed by atoms with Gasteiger partial charge in [-0.2, -0.15) is 0 Å². The Hall–Kier alpha value is -0.570. The lowest BCUT2D eigenvalue weighted by atomic mass is 9.92. The van der Waals surface area contributed by atoms with E-state index < -0.39 is 0 Å². The molecular weight excluding hydrogens is 283 g/mol. The molecular formula is C13H13I. The lowest BCUT2D eigenvalue weighted by Crippen LogP contribution is -1.95. The molecule has 1 atom stereocenters. The lowest BCUT2D eigenvalue weighted by molar-refractivity contribution is 0.853. The highest BCUT2D eigenvalue weighted by atomic mass is 127. The third-order valence-corrected chi connectivity index (χ3v) is 3.42. The van der Waals surface area contributed by atoms with Crippen molar-refractivity contribution in [1.82, 2.24) is 0 Å². The first-order chi connectivity index (χ1) is 6.90. The third kappa shape index (κ3) is 2.27. The molecule has 0 fully saturated rings. The molecule has 0 saturated heterocycles. The van der Waals surface area contributed by atoms with E-state index in [9.17, 15) is 0 Å². The van der Waals surface area contributed by atoms with E-state index in [0.29, 0.717) is 5.92 Å². The van der Waals surface area contributed by atoms with Gasteiger partial charge in [0.2, 0.25) is 0 Å². The van der Waals surface area contributed by atoms with Gasteiger partial charge in [-0.3, -0.25) is 0 Å². The number of allylic oxidation sites excluding steroid dienone is 4. The Morgan fingerprint density at radius 2 is 1.93 bits per heavy atom. The summed E-state index contributed by atoms with van der Waals surface area (Å²) in [6, 6.07) is 8.96. The molecule has 0 heterocycles. The lowest BCUT2D eigenvalue weighted by Gasteiger charge is -2.13. The second kappa shape index (κ2) is 4.78. The molecule has 1 aliphatic rings. The SMILES string of the molecule is ICc1ccc(C2C=CC=CC2)cc1. The number of rotatable bonds is 2. The van der Waals surface area contributed by atoms with Crippen molar-refractivity contribution in [2.24, 2.45) is 0 Å². The van der Waals surface area contributed by atoms with Crippen LogP contribution in [0.3, 0.4) is 0 Å². The smallest absolute Gasteiger partial charge is 0.0247 e. The molecule has 0 bridgehead atoms. The zero-order chi connectivity index (χ0) is 9.80. The first-order valence-electron chi connectivity index (χ1n) is 4.88. The highest BCUT2D eigenvalue weighted by Gasteiger charge is 2.07. The third-order valence-electron chi connectivity index (χ3n) is 2.54. The van der Waals surface area contributed by atoms with Crippen LogP contribution in [0.5, 0.6) is 0 Å². The predicted octanol–water partition coefficient (Wildman–Crippen LogP) is 4.22. The van der Waals surface area contributed by atoms with Crippen LogP contribution in [-0.2, 0) is 4.43 Å². The molecule has 0 radical (unpaired) electrons. The van der Waals surface area contributed by atoms with Gasteiger partial charge in [0.05, 0.1) is 0 Å². The molecule has 0 N–H and O–H groups in total. The maximum absolute atomic E-state index is 2.39. The molecule has 72 valence electrons. The molecule has 1 aromatic rings. The van der Waals surface area contributed by atoms with Crippen molar-refractivity contribution in [1.29, 1.82) is 0 Å². The fraction of sp³-hybridized carbons (Fsp3) is 0.231. The second-order valence-corrected chi connectivity index (χ2v) is 4.29. The zero-order valence-electron chi connectivity index (χ0n) is 7.99. The van der Waals surface area contributed by atoms with Crippen LogP contribution in [0.4, 0.5) is 0 Å². The summed E-state index contributed by atoms with van der Waals surface area (Å²) in [7, 11) is 0. The van der Waals surface area contributed by atoms with Gasteiger partial charge in [0, 0.05) is 10.3 Å². The van der Waals surface area contributed by atoms with Crippen molar-refractivity contribution >= 4 is 22.6 Å². The fourth-order valence-corrected chi connectivity index (χ4v) is 2.19. The van der Waals surface area contributed by atoms with Crippen LogP contribution >= 0.6 is 22.6 Å². The molecule has 1 unspecified atom stereocenters. The quantitative estimate of drug-likeness (QED) is 0.566. The molecule has 0 aliphatic heterocycles. The standard InChI is InChI=1S/C13H13I/c14-10-11-6-8-13(9-7-11)12-4-2-1-3-5-12/h1-4,6-9,12H,5,10H2. The fourth-order valence-electron chi connectivity index (χ4n) is 1.68. The van der Waals surface area contributed by atoms with Crippen molar-refractivity contribution in [3.63, 3.8) is 0 Å². The van der Waals surface area contributed by atoms with E-state index in [4.69, 9.17) is 0 Å². The highest BCUT2D eigenvalue weighted by Crippen LogP contribution is 2.24. The van der Waals surface area contributed by atoms with Crippen molar-refractivity contribution in [2.45, 2.75) is 16.8 Å². The van der Waals surface area contributed by atoms with Crippen LogP contribution in [0.2, 0.25) is 0 Å². The average Bonchev–Trinajstić information content (AvgIpc) is 2.30. The van der Waals surface area contributed by atoms with Gasteiger partial charge in [0.1, 0.15) is 0 Å². The van der Waals surface area contributed by atoms with Gasteiger partial charge in [-0.25, -0.2) is 0 Å². The van der Waals surface area contributed by atoms with Crippen molar-refractivity contribution < 1.29 is 0 Å². The van der Waals surface area contributed by atoms with Crippen molar-refractivity contribution in [3.8, 4) is 0 Å². The largest absolute Gasteiger partial charge is 0.0836 e. The summed E-state index contributed by atoms with van der Waals surface area (Å²) in [5.41, 5.74) is 2.84. The molecule has 2 rings (SSSR count). The van der Waals surface area contributed by atoms with Crippen LogP contribution in [0.25, 0.3) is 0 Å². The van der Waals surface area contributed by atoms with Crippen LogP contribution in [0.15, 0.2) is 48.6 Å². The molecule has 0 spiro atoms. The summed E-state index contributed by atoms with van der Waals surface area (Å²) in [6.07, 6.45) is 9.91. The molecule has 14 heavy (non-hydrogen) atoms. The van der Waals surface area contributed by atoms with E-state index in [-0.39, 0.29) is 0 Å². The first kappa shape index (κ1) is 9.97. The minimum absolute atomic E-state index is 0.586. The van der Waals surface area contributed by atoms with E-state index in [1.165, 1.54) is 11.1 Å². The molecule has 1 heteroatoms. The highest BCUT2D eigenvalue weighted by molar-refractivity contribution is 14.1. The number of halogens is 1. The maximum Gasteiger partial charge on any atom is 0.0247 e. The molecule has 0 amide bonds. The van der Waals surface area contributed by atoms with Gasteiger partial charge >= 0.3 is 0 Å². The van der Waals surface area contributed by atoms with Crippen LogP contribution in [0, 0.1) is 0 Å². The maximum atomic E-state index is 2.39. The second-order valence-electron chi connectivity index (χ2n) is 3.53.